The number of halogens is 2. The SMILES string of the molecule is C#CCNCC(C)Oc1ccc(Cl)c(Cl)c1. The summed E-state index contributed by atoms with van der Waals surface area (Å²) in [7, 11) is 0. The first-order valence-electron chi connectivity index (χ1n) is 4.89. The third-order valence-corrected chi connectivity index (χ3v) is 2.63. The molecule has 0 heterocycles. The summed E-state index contributed by atoms with van der Waals surface area (Å²) in [4.78, 5) is 0. The maximum Gasteiger partial charge on any atom is 0.121 e. The Hall–Kier alpha value is -0.880. The lowest BCUT2D eigenvalue weighted by molar-refractivity contribution is 0.219. The number of nitrogens with one attached hydrogen (secondary N) is 1. The third kappa shape index (κ3) is 4.32. The van der Waals surface area contributed by atoms with Gasteiger partial charge in [0, 0.05) is 12.6 Å². The molecule has 1 aromatic rings. The van der Waals surface area contributed by atoms with Gasteiger partial charge in [0.15, 0.2) is 0 Å². The van der Waals surface area contributed by atoms with Gasteiger partial charge in [0.2, 0.25) is 0 Å². The van der Waals surface area contributed by atoms with Crippen LogP contribution in [0.25, 0.3) is 0 Å². The lowest BCUT2D eigenvalue weighted by Crippen LogP contribution is -2.29. The van der Waals surface area contributed by atoms with E-state index in [1.54, 1.807) is 18.2 Å². The van der Waals surface area contributed by atoms with E-state index in [1.165, 1.54) is 0 Å². The van der Waals surface area contributed by atoms with Crippen LogP contribution in [-0.4, -0.2) is 19.2 Å². The zero-order valence-corrected chi connectivity index (χ0v) is 10.5. The van der Waals surface area contributed by atoms with Crippen molar-refractivity contribution in [3.63, 3.8) is 0 Å². The Balaban J connectivity index is 2.47. The minimum absolute atomic E-state index is 0.0191. The van der Waals surface area contributed by atoms with E-state index < -0.39 is 0 Å². The summed E-state index contributed by atoms with van der Waals surface area (Å²) < 4.78 is 5.62. The standard InChI is InChI=1S/C12H13Cl2NO/c1-3-6-15-8-9(2)16-10-4-5-11(13)12(14)7-10/h1,4-5,7,9,15H,6,8H2,2H3. The molecule has 1 unspecified atom stereocenters. The molecule has 1 atom stereocenters. The lowest BCUT2D eigenvalue weighted by Gasteiger charge is -2.15. The zero-order chi connectivity index (χ0) is 12.0. The molecule has 86 valence electrons. The number of hydrogen-bond donors (Lipinski definition) is 1. The molecule has 0 amide bonds. The smallest absolute Gasteiger partial charge is 0.121 e. The Morgan fingerprint density at radius 1 is 1.44 bits per heavy atom. The number of rotatable bonds is 5. The molecule has 0 bridgehead atoms. The average Bonchev–Trinajstić information content (AvgIpc) is 2.24. The monoisotopic (exact) mass is 257 g/mol. The highest BCUT2D eigenvalue weighted by Gasteiger charge is 2.05. The Kier molecular flexibility index (Phi) is 5.48. The van der Waals surface area contributed by atoms with E-state index in [9.17, 15) is 0 Å². The van der Waals surface area contributed by atoms with Crippen LogP contribution in [0.5, 0.6) is 5.75 Å². The Bertz CT molecular complexity index is 387. The molecule has 0 spiro atoms. The minimum atomic E-state index is 0.0191. The van der Waals surface area contributed by atoms with Crippen LogP contribution in [0.3, 0.4) is 0 Å². The molecule has 0 fully saturated rings. The Morgan fingerprint density at radius 3 is 2.81 bits per heavy atom. The summed E-state index contributed by atoms with van der Waals surface area (Å²) in [6.45, 7) is 3.17. The molecule has 2 nitrogen and oxygen atoms in total. The van der Waals surface area contributed by atoms with Gasteiger partial charge in [-0.2, -0.15) is 0 Å². The van der Waals surface area contributed by atoms with E-state index in [1.807, 2.05) is 6.92 Å². The highest BCUT2D eigenvalue weighted by molar-refractivity contribution is 6.42. The lowest BCUT2D eigenvalue weighted by atomic mass is 10.3. The molecule has 0 aromatic heterocycles. The normalized spacial score (nSPS) is 11.9. The van der Waals surface area contributed by atoms with Crippen LogP contribution < -0.4 is 10.1 Å². The molecular formula is C12H13Cl2NO. The van der Waals surface area contributed by atoms with Crippen LogP contribution in [0.15, 0.2) is 18.2 Å². The second-order valence-corrected chi connectivity index (χ2v) is 4.15. The fraction of sp³-hybridized carbons (Fsp3) is 0.333. The zero-order valence-electron chi connectivity index (χ0n) is 8.97. The van der Waals surface area contributed by atoms with Gasteiger partial charge in [0.1, 0.15) is 11.9 Å². The topological polar surface area (TPSA) is 21.3 Å². The predicted molar refractivity (Wildman–Crippen MR) is 68.3 cm³/mol. The highest BCUT2D eigenvalue weighted by Crippen LogP contribution is 2.26. The van der Waals surface area contributed by atoms with Crippen molar-refractivity contribution < 1.29 is 4.74 Å². The molecular weight excluding hydrogens is 245 g/mol. The summed E-state index contributed by atoms with van der Waals surface area (Å²) in [5, 5.41) is 4.07. The molecule has 0 saturated heterocycles. The molecule has 0 aliphatic rings. The van der Waals surface area contributed by atoms with E-state index in [-0.39, 0.29) is 6.10 Å². The molecule has 0 aliphatic carbocycles. The van der Waals surface area contributed by atoms with E-state index in [0.717, 1.165) is 0 Å². The molecule has 0 saturated carbocycles. The minimum Gasteiger partial charge on any atom is -0.489 e. The van der Waals surface area contributed by atoms with Crippen molar-refractivity contribution in [3.8, 4) is 18.1 Å². The van der Waals surface area contributed by atoms with Crippen LogP contribution in [0, 0.1) is 12.3 Å². The second-order valence-electron chi connectivity index (χ2n) is 3.34. The maximum atomic E-state index is 5.87. The molecule has 0 radical (unpaired) electrons. The fourth-order valence-corrected chi connectivity index (χ4v) is 1.46. The van der Waals surface area contributed by atoms with Crippen LogP contribution in [-0.2, 0) is 0 Å². The molecule has 4 heteroatoms. The van der Waals surface area contributed by atoms with Gasteiger partial charge in [0.05, 0.1) is 16.6 Å². The van der Waals surface area contributed by atoms with Crippen LogP contribution in [0.1, 0.15) is 6.92 Å². The van der Waals surface area contributed by atoms with E-state index >= 15 is 0 Å². The van der Waals surface area contributed by atoms with Crippen molar-refractivity contribution in [2.24, 2.45) is 0 Å². The maximum absolute atomic E-state index is 5.87. The first-order valence-corrected chi connectivity index (χ1v) is 5.65. The van der Waals surface area contributed by atoms with Crippen molar-refractivity contribution in [2.75, 3.05) is 13.1 Å². The number of ether oxygens (including phenoxy) is 1. The second kappa shape index (κ2) is 6.65. The summed E-state index contributed by atoms with van der Waals surface area (Å²) >= 11 is 11.7. The van der Waals surface area contributed by atoms with Crippen LogP contribution >= 0.6 is 23.2 Å². The van der Waals surface area contributed by atoms with Crippen molar-refractivity contribution in [1.82, 2.24) is 5.32 Å². The molecule has 1 rings (SSSR count). The molecule has 1 aromatic carbocycles. The first kappa shape index (κ1) is 13.2. The Morgan fingerprint density at radius 2 is 2.19 bits per heavy atom. The largest absolute Gasteiger partial charge is 0.489 e. The van der Waals surface area contributed by atoms with Gasteiger partial charge in [-0.1, -0.05) is 29.1 Å². The van der Waals surface area contributed by atoms with Crippen molar-refractivity contribution in [1.29, 1.82) is 0 Å². The highest BCUT2D eigenvalue weighted by atomic mass is 35.5. The van der Waals surface area contributed by atoms with Crippen molar-refractivity contribution in [2.45, 2.75) is 13.0 Å². The molecule has 1 N–H and O–H groups in total. The summed E-state index contributed by atoms with van der Waals surface area (Å²) in [6, 6.07) is 5.19. The third-order valence-electron chi connectivity index (χ3n) is 1.89. The predicted octanol–water partition coefficient (Wildman–Crippen LogP) is 2.98. The molecule has 16 heavy (non-hydrogen) atoms. The number of terminal acetylenes is 1. The van der Waals surface area contributed by atoms with E-state index in [2.05, 4.69) is 11.2 Å². The number of benzene rings is 1. The summed E-state index contributed by atoms with van der Waals surface area (Å²) in [6.07, 6.45) is 5.14. The first-order chi connectivity index (χ1) is 7.63. The van der Waals surface area contributed by atoms with Gasteiger partial charge >= 0.3 is 0 Å². The van der Waals surface area contributed by atoms with Gasteiger partial charge in [-0.05, 0) is 19.1 Å². The van der Waals surface area contributed by atoms with Gasteiger partial charge in [-0.15, -0.1) is 6.42 Å². The van der Waals surface area contributed by atoms with Crippen LogP contribution in [0.2, 0.25) is 10.0 Å². The number of hydrogen-bond acceptors (Lipinski definition) is 2. The average molecular weight is 258 g/mol. The Labute approximate surface area is 106 Å². The van der Waals surface area contributed by atoms with Gasteiger partial charge in [-0.3, -0.25) is 0 Å². The van der Waals surface area contributed by atoms with Crippen LogP contribution in [0.4, 0.5) is 0 Å². The van der Waals surface area contributed by atoms with E-state index in [4.69, 9.17) is 34.4 Å². The summed E-state index contributed by atoms with van der Waals surface area (Å²) in [5.74, 6) is 3.20. The molecule has 0 aliphatic heterocycles. The van der Waals surface area contributed by atoms with Gasteiger partial charge in [-0.25, -0.2) is 0 Å². The quantitative estimate of drug-likeness (QED) is 0.647. The fourth-order valence-electron chi connectivity index (χ4n) is 1.17. The van der Waals surface area contributed by atoms with Gasteiger partial charge in [0.25, 0.3) is 0 Å². The van der Waals surface area contributed by atoms with Gasteiger partial charge < -0.3 is 10.1 Å². The van der Waals surface area contributed by atoms with Crippen molar-refractivity contribution >= 4 is 23.2 Å². The van der Waals surface area contributed by atoms with E-state index in [0.29, 0.717) is 28.9 Å². The summed E-state index contributed by atoms with van der Waals surface area (Å²) in [5.41, 5.74) is 0. The van der Waals surface area contributed by atoms with Crippen molar-refractivity contribution in [3.05, 3.63) is 28.2 Å².